The highest BCUT2D eigenvalue weighted by molar-refractivity contribution is 7.92. The van der Waals surface area contributed by atoms with Gasteiger partial charge >= 0.3 is 12.1 Å². The predicted octanol–water partition coefficient (Wildman–Crippen LogP) is 55.3. The Hall–Kier alpha value is -3.86. The van der Waals surface area contributed by atoms with E-state index < -0.39 is 55.1 Å². The molecule has 2 unspecified atom stereocenters. The molecule has 7 nitrogen and oxygen atoms in total. The number of alkyl halides is 3. The summed E-state index contributed by atoms with van der Waals surface area (Å²) in [6, 6.07) is 14.1. The van der Waals surface area contributed by atoms with E-state index in [0.29, 0.717) is 42.0 Å². The molecule has 0 bridgehead atoms. The number of hydrogen-bond donors (Lipinski definition) is 1. The van der Waals surface area contributed by atoms with Crippen molar-refractivity contribution < 1.29 is 297 Å². The highest BCUT2D eigenvalue weighted by atomic mass is 32.2. The normalized spacial score (nSPS) is 20.0. The van der Waals surface area contributed by atoms with Gasteiger partial charge in [0.05, 0.1) is 23.7 Å². The van der Waals surface area contributed by atoms with Crippen molar-refractivity contribution in [3.05, 3.63) is 99.9 Å². The van der Waals surface area contributed by atoms with E-state index in [0.717, 1.165) is 24.5 Å². The minimum absolute atomic E-state index is 0. The molecule has 11 heteroatoms. The molecule has 654 valence electrons. The Labute approximate surface area is 585 Å². The van der Waals surface area contributed by atoms with Gasteiger partial charge in [-0.3, -0.25) is 4.72 Å². The van der Waals surface area contributed by atoms with E-state index in [1.165, 1.54) is 23.3 Å². The number of methoxy groups -OCH3 is 1. The van der Waals surface area contributed by atoms with Gasteiger partial charge in [0.2, 0.25) is 0 Å². The van der Waals surface area contributed by atoms with E-state index in [1.54, 1.807) is 19.2 Å². The molecule has 53 heavy (non-hydrogen) atoms. The number of halogens is 3. The van der Waals surface area contributed by atoms with E-state index in [2.05, 4.69) is 71.6 Å². The molecule has 0 radical (unpaired) electrons. The summed E-state index contributed by atoms with van der Waals surface area (Å²) in [5.74, 6) is -0.846. The summed E-state index contributed by atoms with van der Waals surface area (Å²) in [4.78, 5) is 18.4. The zero-order valence-corrected chi connectivity index (χ0v) is 33.6. The second-order valence-electron chi connectivity index (χ2n) is 15.8. The Morgan fingerprint density at radius 2 is 1.70 bits per heavy atom. The summed E-state index contributed by atoms with van der Waals surface area (Å²) >= 11 is 0. The number of sulfonamides is 1. The predicted molar refractivity (Wildman–Crippen MR) is 588 cm³/mol. The third-order valence-corrected chi connectivity index (χ3v) is 12.7. The first-order chi connectivity index (χ1) is 25.0. The second-order valence-corrected chi connectivity index (χ2v) is 17.3. The number of pyridine rings is 1. The molecule has 1 aliphatic heterocycles. The van der Waals surface area contributed by atoms with Crippen LogP contribution in [-0.2, 0) is 36.9 Å². The van der Waals surface area contributed by atoms with Crippen LogP contribution in [0.1, 0.15) is 368 Å². The fourth-order valence-corrected chi connectivity index (χ4v) is 9.33. The Balaban J connectivity index is -0.00000000101. The number of nitrogens with one attached hydrogen (secondary N) is 1. The van der Waals surface area contributed by atoms with E-state index in [-0.39, 0.29) is 282 Å². The minimum Gasteiger partial charge on any atom is -0.500 e. The van der Waals surface area contributed by atoms with Crippen molar-refractivity contribution in [3.63, 3.8) is 0 Å². The van der Waals surface area contributed by atoms with E-state index in [4.69, 9.17) is 10.9 Å². The lowest BCUT2D eigenvalue weighted by atomic mass is 9.56. The number of ether oxygens (including phenoxy) is 2. The number of carbonyl (C=O) groups excluding carboxylic acids is 1. The highest BCUT2D eigenvalue weighted by Crippen LogP contribution is 2.59. The van der Waals surface area contributed by atoms with Crippen LogP contribution in [0, 0.1) is 36.5 Å². The number of benzene rings is 2. The zero-order valence-electron chi connectivity index (χ0n) is 33.8. The van der Waals surface area contributed by atoms with Crippen LogP contribution in [0.25, 0.3) is 0 Å². The van der Waals surface area contributed by atoms with Gasteiger partial charge in [-0.1, -0.05) is 84.7 Å². The molecule has 0 amide bonds. The maximum atomic E-state index is 14.9. The molecule has 1 aliphatic rings. The van der Waals surface area contributed by atoms with Crippen molar-refractivity contribution in [2.75, 3.05) is 11.8 Å². The van der Waals surface area contributed by atoms with Crippen molar-refractivity contribution in [3.8, 4) is 0 Å². The first-order valence-electron chi connectivity index (χ1n) is 18.7. The van der Waals surface area contributed by atoms with E-state index in [9.17, 15) is 26.4 Å². The molecule has 2 aromatic carbocycles. The summed E-state index contributed by atoms with van der Waals surface area (Å²) in [7, 11) is -3.12. The van der Waals surface area contributed by atoms with Crippen LogP contribution < -0.4 is 4.72 Å². The number of aromatic nitrogens is 1. The maximum absolute atomic E-state index is 14.9. The van der Waals surface area contributed by atoms with Crippen molar-refractivity contribution in [2.24, 2.45) is 22.7 Å². The monoisotopic (exact) mass is 1120 g/mol. The third kappa shape index (κ3) is 8.15. The first-order valence-corrected chi connectivity index (χ1v) is 19.7. The standard InChI is InChI=1S/C42H55F3N2O5S.182H2/c1-12-15-28(5)41(29(6)23-30-19-18-26(3)27(4)22-30)40(9,10)37(51-11)35(38(48)52-41)36(39(7,8)13-2)31-16-14-17-33(24-31)47-53(49,50)34-21-20-32(25-46-34)42(43,44)45;;;;;;;;;;;;;;;;;;;;;;;;;;;;;;;;;;;;;;;;;;;;;;;;;;;;;;;;;;;;;;;;;;;;;;;;;;;;;;;;;;;;;;;;;;;;;;;;;;;;;;;;;;;;;;;;;;;;;;;;;;;;;;;;;;;;;;;;;;;;;;;;;;;;;;;;;;;;;;;;;;;;;;;;;;;;;;;;;;;;;;/h14,16-22,24-25,28-29,36,47H,12-13,15,23H2,1-11H3;182*1H/t28?,29?,36-,41-;;;;;;;;;;;;;;;;;;;;;;;;;;;;;;;;;;;;;;;;;;;;;;;;;;;;;;;;;;;;;;;;;;;;;;;;;;;;;;;;;;;;;;;;;;;;;;;;;;;;;;;;;;;;;;;;;;;;;;;;;;;;;;;;;;;;;;;;;;;;;;;;;;;;;;;;;;;;;;;;;;;;;;;;;;;;;;;;;;;;;;/m1....................................................................................................................................................................................../s1/i/hD. The SMILES string of the molecule is [2H]N(c1cccc([C@H](C2=C(OC)C(C)(C)[C@@](C(C)CCC)(C(C)Cc3ccc(C)c(C)c3)OC2=O)C(C)(C)CC)c1)S(=O)(=O)c1ccc(C(F)(F)F)cn1.[HH].[HH].[HH].[HH].[HH].[HH].[HH].[HH].[HH].[HH].[HH].[HH].[HH].[HH].[HH].[HH].[HH].[HH].[HH].[HH].[HH].[HH].[HH].[HH].[HH].[HH].[HH].[HH].[HH].[HH].[HH].[HH].[HH].[HH].[HH].[HH].[HH].[HH].[HH].[HH].[HH].[HH].[HH].[HH].[HH].[HH].[HH].[HH].[HH].[HH].[HH].[HH].[HH].[HH].[HH].[HH].[HH].[HH].[HH].[HH].[HH].[HH].[HH].[HH].[HH].[HH].[HH].[HH].[HH].[HH].[HH].[HH].[HH].[HH].[HH].[HH].[HH].[HH].[HH].[HH].[HH].[HH].[HH].[HH].[HH].[HH].[HH].[HH].[HH].[HH].[HH].[HH].[HH].[HH].[HH].[HH].[HH].[HH].[HH].[HH].[HH].[HH].[HH].[HH].[HH].[HH].[HH].[HH].[HH].[HH].[HH].[HH].[HH].[HH].[HH].[HH].[HH].[HH].[HH].[HH].[HH].[HH].[HH].[HH].[HH].[HH].[HH].[HH].[HH].[HH].[HH].[HH].[HH].[HH].[HH].[HH].[HH].[HH].[HH].[HH].[HH].[HH].[HH].[HH].[HH].[HH].[HH].[HH].[HH].[HH].[HH].[HH].[HH].[HH].[HH].[HH].[HH].[HH].[HH].[HH].[HH].[HH].[HH].[HH].[HH].[HH].[HH].[HH].[HH].[HH].[HH].[HH].[HH].[HH].[HH].[HH].[HH].[HH].[HH].[HH].[HH].[HH]. The molecule has 0 spiro atoms. The van der Waals surface area contributed by atoms with Gasteiger partial charge < -0.3 is 9.47 Å². The smallest absolute Gasteiger partial charge is 0.417 e. The van der Waals surface area contributed by atoms with Crippen LogP contribution in [0.15, 0.2) is 77.2 Å². The molecule has 3 aromatic rings. The van der Waals surface area contributed by atoms with E-state index >= 15 is 0 Å². The molecular formula is C42H419F3N2O5S. The fourth-order valence-electron chi connectivity index (χ4n) is 8.42. The zero-order chi connectivity index (χ0) is 40.6. The summed E-state index contributed by atoms with van der Waals surface area (Å²) < 4.78 is 88.5. The summed E-state index contributed by atoms with van der Waals surface area (Å²) in [6.07, 6.45) is -1.30. The van der Waals surface area contributed by atoms with Gasteiger partial charge in [-0.05, 0) is 98.4 Å². The first kappa shape index (κ1) is 40.3. The molecule has 0 saturated heterocycles. The summed E-state index contributed by atoms with van der Waals surface area (Å²) in [5, 5.41) is -0.712. The Morgan fingerprint density at radius 3 is 2.25 bits per heavy atom. The Kier molecular flexibility index (Phi) is 11.8. The second kappa shape index (κ2) is 15.5. The third-order valence-electron chi connectivity index (χ3n) is 11.5. The molecule has 2 heterocycles. The molecule has 0 fully saturated rings. The maximum Gasteiger partial charge on any atom is 0.417 e. The molecule has 1 N–H and O–H groups in total. The lowest BCUT2D eigenvalue weighted by Gasteiger charge is -2.57. The van der Waals surface area contributed by atoms with Gasteiger partial charge in [0.15, 0.2) is 6.44 Å². The quantitative estimate of drug-likeness (QED) is 0.162. The largest absolute Gasteiger partial charge is 0.500 e. The molecule has 1 aromatic heterocycles. The molecule has 0 aliphatic carbocycles. The number of carbonyl (C=O) groups is 1. The van der Waals surface area contributed by atoms with Gasteiger partial charge in [-0.2, -0.15) is 21.6 Å². The van der Waals surface area contributed by atoms with Gasteiger partial charge in [0.25, 0.3) is 10.0 Å². The van der Waals surface area contributed by atoms with Crippen molar-refractivity contribution >= 4 is 21.7 Å². The van der Waals surface area contributed by atoms with Gasteiger partial charge in [-0.25, -0.2) is 9.78 Å². The average Bonchev–Trinajstić information content (AvgIpc) is 3.10. The fraction of sp³-hybridized carbons (Fsp3) is 0.524. The van der Waals surface area contributed by atoms with Gasteiger partial charge in [0, 0.05) is 283 Å². The topological polar surface area (TPSA) is 94.6 Å². The van der Waals surface area contributed by atoms with Crippen LogP contribution >= 0.6 is 0 Å². The van der Waals surface area contributed by atoms with Crippen LogP contribution in [-0.4, -0.2) is 32.1 Å². The highest BCUT2D eigenvalue weighted by Gasteiger charge is 2.62. The number of nitrogens with zero attached hydrogens (tertiary/aromatic N) is 1. The number of rotatable bonds is 14. The number of hydrogen-bond acceptors (Lipinski definition) is 6. The van der Waals surface area contributed by atoms with Crippen molar-refractivity contribution in [1.82, 2.24) is 4.98 Å². The van der Waals surface area contributed by atoms with Crippen LogP contribution in [0.3, 0.4) is 0 Å². The van der Waals surface area contributed by atoms with Crippen LogP contribution in [0.4, 0.5) is 18.9 Å². The molecule has 4 atom stereocenters. The summed E-state index contributed by atoms with van der Waals surface area (Å²) in [5.41, 5.74) is 0.838. The lowest BCUT2D eigenvalue weighted by molar-refractivity contribution is -0.206. The Morgan fingerprint density at radius 1 is 1.02 bits per heavy atom. The number of cyclic esters (lactones) is 1. The number of aryl methyl sites for hydroxylation is 2. The lowest BCUT2D eigenvalue weighted by Crippen LogP contribution is -2.62. The minimum atomic E-state index is -4.71. The van der Waals surface area contributed by atoms with Crippen molar-refractivity contribution in [2.45, 2.75) is 118 Å². The van der Waals surface area contributed by atoms with Crippen LogP contribution in [0.5, 0.6) is 0 Å². The van der Waals surface area contributed by atoms with Gasteiger partial charge in [0.1, 0.15) is 11.4 Å². The molecule has 4 rings (SSSR count). The number of esters is 1. The Bertz CT molecular complexity index is 2150. The molecule has 0 saturated carbocycles. The van der Waals surface area contributed by atoms with Gasteiger partial charge in [-0.15, -0.1) is 0 Å². The van der Waals surface area contributed by atoms with Crippen molar-refractivity contribution in [1.29, 1.82) is 0 Å². The molecular weight excluding hydrogens is 702 g/mol. The number of anilines is 1. The van der Waals surface area contributed by atoms with E-state index in [1.807, 2.05) is 20.8 Å². The van der Waals surface area contributed by atoms with Crippen LogP contribution in [0.2, 0.25) is 1.41 Å². The summed E-state index contributed by atoms with van der Waals surface area (Å²) in [6.45, 7) is 20.7. The average molecular weight is 1120 g/mol.